The molecule has 1 heterocycles. The summed E-state index contributed by atoms with van der Waals surface area (Å²) in [6, 6.07) is 5.60. The molecule has 26 heavy (non-hydrogen) atoms. The Hall–Kier alpha value is -2.00. The first-order chi connectivity index (χ1) is 12.5. The first kappa shape index (κ1) is 20.3. The second kappa shape index (κ2) is 10.2. The molecule has 0 spiro atoms. The van der Waals surface area contributed by atoms with Gasteiger partial charge >= 0.3 is 0 Å². The Bertz CT molecular complexity index is 666. The summed E-state index contributed by atoms with van der Waals surface area (Å²) < 4.78 is 13.4. The maximum absolute atomic E-state index is 12.8. The number of hydrazine groups is 1. The maximum atomic E-state index is 12.8. The van der Waals surface area contributed by atoms with Crippen molar-refractivity contribution >= 4 is 46.0 Å². The van der Waals surface area contributed by atoms with Gasteiger partial charge in [0, 0.05) is 13.0 Å². The van der Waals surface area contributed by atoms with Gasteiger partial charge in [0.1, 0.15) is 10.1 Å². The minimum Gasteiger partial charge on any atom is -0.297 e. The van der Waals surface area contributed by atoms with E-state index >= 15 is 0 Å². The summed E-state index contributed by atoms with van der Waals surface area (Å²) in [5, 5.41) is 0. The van der Waals surface area contributed by atoms with Crippen molar-refractivity contribution in [3.63, 3.8) is 0 Å². The fourth-order valence-electron chi connectivity index (χ4n) is 2.36. The molecule has 0 aliphatic carbocycles. The number of rotatable bonds is 8. The highest BCUT2D eigenvalue weighted by molar-refractivity contribution is 8.23. The number of carbonyl (C=O) groups is 3. The van der Waals surface area contributed by atoms with Crippen LogP contribution in [0, 0.1) is 5.82 Å². The molecular weight excluding hydrogens is 377 g/mol. The number of thiocarbonyl (C=S) groups is 1. The summed E-state index contributed by atoms with van der Waals surface area (Å²) in [5.74, 6) is -0.554. The van der Waals surface area contributed by atoms with Crippen LogP contribution in [-0.4, -0.2) is 39.2 Å². The zero-order valence-electron chi connectivity index (χ0n) is 14.1. The predicted octanol–water partition coefficient (Wildman–Crippen LogP) is 1.94. The van der Waals surface area contributed by atoms with Gasteiger partial charge < -0.3 is 0 Å². The molecule has 3 amide bonds. The number of hydrogen-bond donors (Lipinski definition) is 2. The van der Waals surface area contributed by atoms with E-state index < -0.39 is 0 Å². The van der Waals surface area contributed by atoms with Crippen LogP contribution < -0.4 is 10.9 Å². The number of unbranched alkanes of at least 4 members (excludes halogenated alkanes) is 2. The van der Waals surface area contributed by atoms with Gasteiger partial charge in [-0.2, -0.15) is 0 Å². The lowest BCUT2D eigenvalue weighted by atomic mass is 10.1. The SMILES string of the molecule is O=C(CCCCCN1C(=O)CSC1=S)NNC(=O)Cc1ccc(F)cc1. The summed E-state index contributed by atoms with van der Waals surface area (Å²) >= 11 is 6.47. The van der Waals surface area contributed by atoms with E-state index in [1.165, 1.54) is 36.0 Å². The molecule has 0 aromatic heterocycles. The van der Waals surface area contributed by atoms with E-state index in [1.807, 2.05) is 0 Å². The highest BCUT2D eigenvalue weighted by Crippen LogP contribution is 2.19. The Labute approximate surface area is 160 Å². The van der Waals surface area contributed by atoms with Gasteiger partial charge in [-0.05, 0) is 30.5 Å². The van der Waals surface area contributed by atoms with Crippen LogP contribution in [0.3, 0.4) is 0 Å². The number of nitrogens with zero attached hydrogens (tertiary/aromatic N) is 1. The number of halogens is 1. The molecule has 2 rings (SSSR count). The first-order valence-corrected chi connectivity index (χ1v) is 9.64. The summed E-state index contributed by atoms with van der Waals surface area (Å²) in [5.41, 5.74) is 5.35. The third-order valence-electron chi connectivity index (χ3n) is 3.75. The smallest absolute Gasteiger partial charge is 0.242 e. The van der Waals surface area contributed by atoms with Gasteiger partial charge in [0.05, 0.1) is 12.2 Å². The molecule has 1 fully saturated rings. The van der Waals surface area contributed by atoms with E-state index in [-0.39, 0.29) is 36.4 Å². The van der Waals surface area contributed by atoms with Crippen LogP contribution in [0.1, 0.15) is 31.2 Å². The Morgan fingerprint density at radius 3 is 2.46 bits per heavy atom. The minimum absolute atomic E-state index is 0.0432. The quantitative estimate of drug-likeness (QED) is 0.398. The molecule has 0 atom stereocenters. The van der Waals surface area contributed by atoms with Gasteiger partial charge in [0.25, 0.3) is 0 Å². The first-order valence-electron chi connectivity index (χ1n) is 8.25. The van der Waals surface area contributed by atoms with Gasteiger partial charge in [-0.15, -0.1) is 0 Å². The molecule has 6 nitrogen and oxygen atoms in total. The average molecular weight is 397 g/mol. The summed E-state index contributed by atoms with van der Waals surface area (Å²) in [7, 11) is 0. The molecule has 2 N–H and O–H groups in total. The van der Waals surface area contributed by atoms with E-state index in [4.69, 9.17) is 12.2 Å². The van der Waals surface area contributed by atoms with Crippen molar-refractivity contribution in [2.24, 2.45) is 0 Å². The van der Waals surface area contributed by atoms with E-state index in [9.17, 15) is 18.8 Å². The monoisotopic (exact) mass is 397 g/mol. The molecule has 0 saturated carbocycles. The second-order valence-corrected chi connectivity index (χ2v) is 7.42. The van der Waals surface area contributed by atoms with E-state index in [1.54, 1.807) is 4.90 Å². The summed E-state index contributed by atoms with van der Waals surface area (Å²) in [4.78, 5) is 36.6. The van der Waals surface area contributed by atoms with Crippen molar-refractivity contribution in [3.05, 3.63) is 35.6 Å². The summed E-state index contributed by atoms with van der Waals surface area (Å²) in [6.45, 7) is 0.584. The Kier molecular flexibility index (Phi) is 7.99. The fraction of sp³-hybridized carbons (Fsp3) is 0.412. The normalized spacial score (nSPS) is 13.8. The van der Waals surface area contributed by atoms with Crippen LogP contribution in [0.4, 0.5) is 4.39 Å². The van der Waals surface area contributed by atoms with Crippen LogP contribution >= 0.6 is 24.0 Å². The van der Waals surface area contributed by atoms with Crippen LogP contribution in [0.5, 0.6) is 0 Å². The number of hydrogen-bond acceptors (Lipinski definition) is 5. The Morgan fingerprint density at radius 2 is 1.81 bits per heavy atom. The number of nitrogens with one attached hydrogen (secondary N) is 2. The largest absolute Gasteiger partial charge is 0.297 e. The Morgan fingerprint density at radius 1 is 1.12 bits per heavy atom. The topological polar surface area (TPSA) is 78.5 Å². The molecule has 9 heteroatoms. The minimum atomic E-state index is -0.372. The van der Waals surface area contributed by atoms with Gasteiger partial charge in [0.2, 0.25) is 17.7 Å². The van der Waals surface area contributed by atoms with Crippen molar-refractivity contribution in [1.29, 1.82) is 0 Å². The van der Waals surface area contributed by atoms with Crippen molar-refractivity contribution in [2.45, 2.75) is 32.1 Å². The molecule has 1 aliphatic heterocycles. The van der Waals surface area contributed by atoms with Crippen molar-refractivity contribution in [2.75, 3.05) is 12.3 Å². The average Bonchev–Trinajstić information content (AvgIpc) is 2.93. The van der Waals surface area contributed by atoms with Crippen LogP contribution in [0.25, 0.3) is 0 Å². The van der Waals surface area contributed by atoms with Crippen LogP contribution in [-0.2, 0) is 20.8 Å². The lowest BCUT2D eigenvalue weighted by Crippen LogP contribution is -2.42. The molecule has 1 aliphatic rings. The maximum Gasteiger partial charge on any atom is 0.242 e. The third kappa shape index (κ3) is 6.72. The number of benzene rings is 1. The molecule has 1 aromatic carbocycles. The van der Waals surface area contributed by atoms with E-state index in [0.29, 0.717) is 28.6 Å². The van der Waals surface area contributed by atoms with Crippen LogP contribution in [0.2, 0.25) is 0 Å². The van der Waals surface area contributed by atoms with Crippen molar-refractivity contribution in [1.82, 2.24) is 15.8 Å². The highest BCUT2D eigenvalue weighted by Gasteiger charge is 2.25. The van der Waals surface area contributed by atoms with Gasteiger partial charge in [-0.3, -0.25) is 30.1 Å². The second-order valence-electron chi connectivity index (χ2n) is 5.81. The van der Waals surface area contributed by atoms with Gasteiger partial charge in [-0.1, -0.05) is 42.5 Å². The lowest BCUT2D eigenvalue weighted by Gasteiger charge is -2.14. The fourth-order valence-corrected chi connectivity index (χ4v) is 3.48. The van der Waals surface area contributed by atoms with Gasteiger partial charge in [-0.25, -0.2) is 4.39 Å². The number of thioether (sulfide) groups is 1. The van der Waals surface area contributed by atoms with Crippen molar-refractivity contribution < 1.29 is 18.8 Å². The predicted molar refractivity (Wildman–Crippen MR) is 102 cm³/mol. The zero-order chi connectivity index (χ0) is 18.9. The van der Waals surface area contributed by atoms with Crippen molar-refractivity contribution in [3.8, 4) is 0 Å². The Balaban J connectivity index is 1.54. The molecule has 1 aromatic rings. The molecule has 0 bridgehead atoms. The zero-order valence-corrected chi connectivity index (χ0v) is 15.8. The van der Waals surface area contributed by atoms with E-state index in [2.05, 4.69) is 10.9 Å². The number of amides is 3. The molecular formula is C17H20FN3O3S2. The molecule has 0 unspecified atom stereocenters. The summed E-state index contributed by atoms with van der Waals surface area (Å²) in [6.07, 6.45) is 2.55. The standard InChI is InChI=1S/C17H20FN3O3S2/c18-13-7-5-12(6-8-13)10-15(23)20-19-14(22)4-2-1-3-9-21-16(24)11-26-17(21)25/h5-8H,1-4,9-11H2,(H,19,22)(H,20,23). The van der Waals surface area contributed by atoms with Gasteiger partial charge in [0.15, 0.2) is 0 Å². The van der Waals surface area contributed by atoms with E-state index in [0.717, 1.165) is 12.8 Å². The third-order valence-corrected chi connectivity index (χ3v) is 5.18. The van der Waals surface area contributed by atoms with Crippen LogP contribution in [0.15, 0.2) is 24.3 Å². The molecule has 0 radical (unpaired) electrons. The number of carbonyl (C=O) groups excluding carboxylic acids is 3. The molecule has 1 saturated heterocycles. The molecule has 140 valence electrons. The lowest BCUT2D eigenvalue weighted by molar-refractivity contribution is -0.128. The highest BCUT2D eigenvalue weighted by atomic mass is 32.2.